The molecular weight excluding hydrogens is 218 g/mol. The summed E-state index contributed by atoms with van der Waals surface area (Å²) in [6.45, 7) is 0. The molecule has 0 aliphatic rings. The summed E-state index contributed by atoms with van der Waals surface area (Å²) < 4.78 is 10.4. The van der Waals surface area contributed by atoms with Gasteiger partial charge in [0.1, 0.15) is 0 Å². The first-order chi connectivity index (χ1) is 8.33. The Balaban J connectivity index is 2.06. The molecule has 17 heavy (non-hydrogen) atoms. The number of ether oxygens (including phenoxy) is 2. The van der Waals surface area contributed by atoms with E-state index in [1.807, 2.05) is 18.2 Å². The van der Waals surface area contributed by atoms with E-state index in [0.29, 0.717) is 0 Å². The summed E-state index contributed by atoms with van der Waals surface area (Å²) in [4.78, 5) is 0. The number of H-pyrrole nitrogens is 1. The second-order valence-electron chi connectivity index (χ2n) is 3.65. The van der Waals surface area contributed by atoms with Gasteiger partial charge in [-0.2, -0.15) is 15.4 Å². The molecule has 5 heteroatoms. The maximum absolute atomic E-state index is 5.25. The number of nitrogens with zero attached hydrogens (tertiary/aromatic N) is 2. The zero-order chi connectivity index (χ0) is 12.1. The highest BCUT2D eigenvalue weighted by Crippen LogP contribution is 2.27. The Hall–Kier alpha value is -2.04. The number of hydrogen-bond donors (Lipinski definition) is 1. The molecule has 0 saturated heterocycles. The Labute approximate surface area is 99.8 Å². The van der Waals surface area contributed by atoms with Gasteiger partial charge in [0, 0.05) is 0 Å². The summed E-state index contributed by atoms with van der Waals surface area (Å²) in [5.41, 5.74) is 2.14. The van der Waals surface area contributed by atoms with Crippen molar-refractivity contribution in [1.29, 1.82) is 0 Å². The van der Waals surface area contributed by atoms with E-state index < -0.39 is 0 Å². The Morgan fingerprint density at radius 3 is 2.59 bits per heavy atom. The van der Waals surface area contributed by atoms with Gasteiger partial charge in [-0.05, 0) is 30.5 Å². The molecule has 1 aromatic carbocycles. The zero-order valence-corrected chi connectivity index (χ0v) is 9.93. The van der Waals surface area contributed by atoms with Crippen LogP contribution in [0, 0.1) is 0 Å². The van der Waals surface area contributed by atoms with Crippen LogP contribution in [0.25, 0.3) is 0 Å². The Morgan fingerprint density at radius 1 is 1.12 bits per heavy atom. The number of aromatic nitrogens is 3. The largest absolute Gasteiger partial charge is 0.493 e. The van der Waals surface area contributed by atoms with E-state index in [9.17, 15) is 0 Å². The molecule has 5 nitrogen and oxygen atoms in total. The first kappa shape index (κ1) is 11.4. The van der Waals surface area contributed by atoms with E-state index in [4.69, 9.17) is 9.47 Å². The highest BCUT2D eigenvalue weighted by molar-refractivity contribution is 5.43. The van der Waals surface area contributed by atoms with E-state index in [-0.39, 0.29) is 0 Å². The number of nitrogens with one attached hydrogen (secondary N) is 1. The van der Waals surface area contributed by atoms with Crippen LogP contribution >= 0.6 is 0 Å². The molecule has 0 atom stereocenters. The van der Waals surface area contributed by atoms with Crippen LogP contribution in [0.15, 0.2) is 24.4 Å². The van der Waals surface area contributed by atoms with Crippen LogP contribution in [0.2, 0.25) is 0 Å². The normalized spacial score (nSPS) is 10.2. The van der Waals surface area contributed by atoms with Crippen molar-refractivity contribution in [3.05, 3.63) is 35.7 Å². The fraction of sp³-hybridized carbons (Fsp3) is 0.333. The molecule has 0 amide bonds. The molecule has 0 fully saturated rings. The first-order valence-corrected chi connectivity index (χ1v) is 5.39. The number of hydrogen-bond acceptors (Lipinski definition) is 4. The average molecular weight is 233 g/mol. The summed E-state index contributed by atoms with van der Waals surface area (Å²) in [5, 5.41) is 10.4. The number of aryl methyl sites for hydroxylation is 2. The second kappa shape index (κ2) is 5.34. The maximum Gasteiger partial charge on any atom is 0.160 e. The van der Waals surface area contributed by atoms with Gasteiger partial charge in [0.2, 0.25) is 0 Å². The minimum Gasteiger partial charge on any atom is -0.493 e. The maximum atomic E-state index is 5.25. The minimum atomic E-state index is 0.748. The van der Waals surface area contributed by atoms with E-state index in [2.05, 4.69) is 15.4 Å². The van der Waals surface area contributed by atoms with Crippen molar-refractivity contribution in [1.82, 2.24) is 15.4 Å². The lowest BCUT2D eigenvalue weighted by Crippen LogP contribution is -1.95. The van der Waals surface area contributed by atoms with Crippen molar-refractivity contribution in [3.8, 4) is 11.5 Å². The van der Waals surface area contributed by atoms with Crippen molar-refractivity contribution in [2.24, 2.45) is 0 Å². The molecule has 0 saturated carbocycles. The molecule has 1 heterocycles. The smallest absolute Gasteiger partial charge is 0.160 e. The van der Waals surface area contributed by atoms with Crippen molar-refractivity contribution >= 4 is 0 Å². The third kappa shape index (κ3) is 2.75. The molecule has 2 rings (SSSR count). The van der Waals surface area contributed by atoms with E-state index in [1.165, 1.54) is 5.56 Å². The Morgan fingerprint density at radius 2 is 1.94 bits per heavy atom. The first-order valence-electron chi connectivity index (χ1n) is 5.39. The minimum absolute atomic E-state index is 0.748. The quantitative estimate of drug-likeness (QED) is 0.852. The third-order valence-corrected chi connectivity index (χ3v) is 2.58. The van der Waals surface area contributed by atoms with Gasteiger partial charge in [0.25, 0.3) is 0 Å². The van der Waals surface area contributed by atoms with Crippen LogP contribution in [-0.4, -0.2) is 29.6 Å². The van der Waals surface area contributed by atoms with Crippen LogP contribution in [0.1, 0.15) is 11.3 Å². The molecule has 0 radical (unpaired) electrons. The summed E-state index contributed by atoms with van der Waals surface area (Å²) in [7, 11) is 3.27. The molecular formula is C12H15N3O2. The molecule has 0 bridgehead atoms. The number of aromatic amines is 1. The van der Waals surface area contributed by atoms with Gasteiger partial charge in [-0.3, -0.25) is 0 Å². The lowest BCUT2D eigenvalue weighted by molar-refractivity contribution is 0.354. The van der Waals surface area contributed by atoms with Gasteiger partial charge in [0.05, 0.1) is 26.1 Å². The summed E-state index contributed by atoms with van der Waals surface area (Å²) >= 11 is 0. The van der Waals surface area contributed by atoms with Crippen molar-refractivity contribution < 1.29 is 9.47 Å². The zero-order valence-electron chi connectivity index (χ0n) is 9.93. The number of methoxy groups -OCH3 is 2. The lowest BCUT2D eigenvalue weighted by Gasteiger charge is -2.09. The van der Waals surface area contributed by atoms with E-state index in [1.54, 1.807) is 20.4 Å². The van der Waals surface area contributed by atoms with Crippen molar-refractivity contribution in [2.75, 3.05) is 14.2 Å². The van der Waals surface area contributed by atoms with Gasteiger partial charge < -0.3 is 9.47 Å². The standard InChI is InChI=1S/C12H15N3O2/c1-16-11-6-4-9(7-12(11)17-2)3-5-10-8-13-15-14-10/h4,6-8H,3,5H2,1-2H3,(H,13,14,15). The Kier molecular flexibility index (Phi) is 3.59. The van der Waals surface area contributed by atoms with Gasteiger partial charge in [-0.25, -0.2) is 0 Å². The van der Waals surface area contributed by atoms with Gasteiger partial charge in [0.15, 0.2) is 11.5 Å². The summed E-state index contributed by atoms with van der Waals surface area (Å²) in [6.07, 6.45) is 3.49. The summed E-state index contributed by atoms with van der Waals surface area (Å²) in [5.74, 6) is 1.50. The van der Waals surface area contributed by atoms with Crippen LogP contribution in [-0.2, 0) is 12.8 Å². The van der Waals surface area contributed by atoms with Crippen molar-refractivity contribution in [2.45, 2.75) is 12.8 Å². The van der Waals surface area contributed by atoms with E-state index in [0.717, 1.165) is 30.0 Å². The highest BCUT2D eigenvalue weighted by atomic mass is 16.5. The molecule has 90 valence electrons. The number of benzene rings is 1. The van der Waals surface area contributed by atoms with Gasteiger partial charge in [-0.15, -0.1) is 0 Å². The summed E-state index contributed by atoms with van der Waals surface area (Å²) in [6, 6.07) is 5.93. The number of rotatable bonds is 5. The third-order valence-electron chi connectivity index (χ3n) is 2.58. The molecule has 0 unspecified atom stereocenters. The molecule has 1 aromatic heterocycles. The SMILES string of the molecule is COc1ccc(CCc2cn[nH]n2)cc1OC. The molecule has 2 aromatic rings. The fourth-order valence-corrected chi connectivity index (χ4v) is 1.65. The molecule has 0 spiro atoms. The lowest BCUT2D eigenvalue weighted by atomic mass is 10.1. The predicted molar refractivity (Wildman–Crippen MR) is 63.3 cm³/mol. The van der Waals surface area contributed by atoms with Crippen LogP contribution in [0.3, 0.4) is 0 Å². The van der Waals surface area contributed by atoms with Gasteiger partial charge in [-0.1, -0.05) is 6.07 Å². The van der Waals surface area contributed by atoms with Gasteiger partial charge >= 0.3 is 0 Å². The molecule has 1 N–H and O–H groups in total. The average Bonchev–Trinajstić information content (AvgIpc) is 2.89. The van der Waals surface area contributed by atoms with Crippen molar-refractivity contribution in [3.63, 3.8) is 0 Å². The van der Waals surface area contributed by atoms with Crippen LogP contribution < -0.4 is 9.47 Å². The molecule has 0 aliphatic heterocycles. The monoisotopic (exact) mass is 233 g/mol. The van der Waals surface area contributed by atoms with E-state index >= 15 is 0 Å². The fourth-order valence-electron chi connectivity index (χ4n) is 1.65. The highest BCUT2D eigenvalue weighted by Gasteiger charge is 2.05. The topological polar surface area (TPSA) is 60.0 Å². The van der Waals surface area contributed by atoms with Crippen LogP contribution in [0.4, 0.5) is 0 Å². The molecule has 0 aliphatic carbocycles. The Bertz CT molecular complexity index is 469. The predicted octanol–water partition coefficient (Wildman–Crippen LogP) is 1.61. The second-order valence-corrected chi connectivity index (χ2v) is 3.65. The van der Waals surface area contributed by atoms with Crippen LogP contribution in [0.5, 0.6) is 11.5 Å².